The smallest absolute Gasteiger partial charge is 0.414 e. The van der Waals surface area contributed by atoms with E-state index in [1.165, 1.54) is 4.90 Å². The van der Waals surface area contributed by atoms with E-state index in [4.69, 9.17) is 9.47 Å². The second-order valence-electron chi connectivity index (χ2n) is 9.34. The van der Waals surface area contributed by atoms with Gasteiger partial charge in [0.05, 0.1) is 0 Å². The molecule has 0 radical (unpaired) electrons. The van der Waals surface area contributed by atoms with E-state index in [-0.39, 0.29) is 19.5 Å². The van der Waals surface area contributed by atoms with Crippen molar-refractivity contribution in [1.29, 1.82) is 0 Å². The fourth-order valence-corrected chi connectivity index (χ4v) is 3.08. The van der Waals surface area contributed by atoms with Crippen LogP contribution in [0, 0.1) is 0 Å². The molecule has 0 saturated carbocycles. The molecule has 7 nitrogen and oxygen atoms in total. The number of amides is 2. The van der Waals surface area contributed by atoms with Gasteiger partial charge in [0.2, 0.25) is 0 Å². The molecule has 1 N–H and O–H groups in total. The van der Waals surface area contributed by atoms with Crippen LogP contribution in [0.3, 0.4) is 0 Å². The summed E-state index contributed by atoms with van der Waals surface area (Å²) in [5, 5.41) is 3.03. The average Bonchev–Trinajstić information content (AvgIpc) is 2.58. The van der Waals surface area contributed by atoms with E-state index < -0.39 is 17.8 Å². The second-order valence-corrected chi connectivity index (χ2v) is 9.34. The van der Waals surface area contributed by atoms with Gasteiger partial charge in [0.15, 0.2) is 0 Å². The van der Waals surface area contributed by atoms with Gasteiger partial charge in [0, 0.05) is 38.8 Å². The first-order chi connectivity index (χ1) is 13.8. The maximum atomic E-state index is 12.4. The summed E-state index contributed by atoms with van der Waals surface area (Å²) in [4.78, 5) is 27.8. The number of ether oxygens (including phenoxy) is 2. The quantitative estimate of drug-likeness (QED) is 0.628. The minimum atomic E-state index is -0.553. The Balaban J connectivity index is 0.00000900. The number of nitrogens with one attached hydrogen (secondary N) is 1. The van der Waals surface area contributed by atoms with Crippen LogP contribution in [0.15, 0.2) is 24.3 Å². The van der Waals surface area contributed by atoms with Crippen molar-refractivity contribution in [3.05, 3.63) is 29.8 Å². The predicted molar refractivity (Wildman–Crippen MR) is 130 cm³/mol. The number of hydrogen-bond acceptors (Lipinski definition) is 5. The lowest BCUT2D eigenvalue weighted by Gasteiger charge is -2.34. The van der Waals surface area contributed by atoms with E-state index in [9.17, 15) is 9.59 Å². The highest BCUT2D eigenvalue weighted by Gasteiger charge is 2.24. The number of nitrogens with zero attached hydrogens (tertiary/aromatic N) is 2. The minimum Gasteiger partial charge on any atom is -0.444 e. The molecule has 0 aromatic heterocycles. The zero-order chi connectivity index (χ0) is 23.1. The van der Waals surface area contributed by atoms with Crippen molar-refractivity contribution in [1.82, 2.24) is 15.1 Å². The van der Waals surface area contributed by atoms with Crippen LogP contribution in [0.25, 0.3) is 0 Å². The van der Waals surface area contributed by atoms with E-state index in [0.717, 1.165) is 5.56 Å². The van der Waals surface area contributed by atoms with E-state index in [2.05, 4.69) is 37.9 Å². The van der Waals surface area contributed by atoms with Gasteiger partial charge in [0.25, 0.3) is 0 Å². The number of alkyl carbamates (subject to hydrolysis) is 1. The fraction of sp³-hybridized carbons (Fsp3) is 0.652. The van der Waals surface area contributed by atoms with Crippen LogP contribution < -0.4 is 10.1 Å². The van der Waals surface area contributed by atoms with E-state index in [1.54, 1.807) is 26.2 Å². The minimum absolute atomic E-state index is 0. The third-order valence-electron chi connectivity index (χ3n) is 4.45. The highest BCUT2D eigenvalue weighted by molar-refractivity contribution is 7.59. The molecule has 2 amide bonds. The maximum Gasteiger partial charge on any atom is 0.414 e. The predicted octanol–water partition coefficient (Wildman–Crippen LogP) is 4.41. The Morgan fingerprint density at radius 1 is 1.00 bits per heavy atom. The first kappa shape index (κ1) is 29.1. The van der Waals surface area contributed by atoms with Crippen molar-refractivity contribution in [2.24, 2.45) is 0 Å². The number of carbonyl (C=O) groups is 2. The first-order valence-corrected chi connectivity index (χ1v) is 10.5. The van der Waals surface area contributed by atoms with E-state index in [0.29, 0.717) is 30.8 Å². The Bertz CT molecular complexity index is 677. The van der Waals surface area contributed by atoms with Gasteiger partial charge < -0.3 is 19.7 Å². The molecule has 31 heavy (non-hydrogen) atoms. The molecule has 1 atom stereocenters. The molecule has 0 heterocycles. The topological polar surface area (TPSA) is 71.1 Å². The Hall–Kier alpha value is -1.93. The lowest BCUT2D eigenvalue weighted by atomic mass is 10.0. The number of benzene rings is 1. The van der Waals surface area contributed by atoms with Crippen molar-refractivity contribution in [3.63, 3.8) is 0 Å². The summed E-state index contributed by atoms with van der Waals surface area (Å²) < 4.78 is 10.7. The summed E-state index contributed by atoms with van der Waals surface area (Å²) >= 11 is 0. The van der Waals surface area contributed by atoms with Crippen molar-refractivity contribution >= 4 is 25.7 Å². The van der Waals surface area contributed by atoms with Crippen LogP contribution in [0.5, 0.6) is 5.75 Å². The molecular formula is C23H41N3O4S. The third kappa shape index (κ3) is 11.3. The normalized spacial score (nSPS) is 12.4. The summed E-state index contributed by atoms with van der Waals surface area (Å²) in [6.07, 6.45) is -0.204. The summed E-state index contributed by atoms with van der Waals surface area (Å²) in [6, 6.07) is 7.93. The lowest BCUT2D eigenvalue weighted by molar-refractivity contribution is 0.0477. The van der Waals surface area contributed by atoms with Crippen LogP contribution in [0.2, 0.25) is 0 Å². The van der Waals surface area contributed by atoms with Gasteiger partial charge in [0.1, 0.15) is 11.4 Å². The summed E-state index contributed by atoms with van der Waals surface area (Å²) in [5.74, 6) is 0.486. The molecule has 0 saturated heterocycles. The number of carbonyl (C=O) groups excluding carboxylic acids is 2. The highest BCUT2D eigenvalue weighted by Crippen LogP contribution is 2.16. The Morgan fingerprint density at radius 3 is 1.94 bits per heavy atom. The average molecular weight is 456 g/mol. The van der Waals surface area contributed by atoms with E-state index >= 15 is 0 Å². The molecule has 1 aromatic rings. The monoisotopic (exact) mass is 455 g/mol. The molecule has 0 unspecified atom stereocenters. The maximum absolute atomic E-state index is 12.4. The largest absolute Gasteiger partial charge is 0.444 e. The Morgan fingerprint density at radius 2 is 1.52 bits per heavy atom. The van der Waals surface area contributed by atoms with Gasteiger partial charge in [-0.2, -0.15) is 13.5 Å². The molecule has 0 aliphatic carbocycles. The molecule has 8 heteroatoms. The fourth-order valence-electron chi connectivity index (χ4n) is 3.08. The Labute approximate surface area is 194 Å². The van der Waals surface area contributed by atoms with Crippen LogP contribution in [0.1, 0.15) is 54.0 Å². The van der Waals surface area contributed by atoms with Gasteiger partial charge in [-0.25, -0.2) is 9.59 Å². The molecule has 0 aliphatic heterocycles. The Kier molecular flexibility index (Phi) is 12.0. The number of hydrogen-bond donors (Lipinski definition) is 1. The van der Waals surface area contributed by atoms with Crippen LogP contribution in [0.4, 0.5) is 9.59 Å². The van der Waals surface area contributed by atoms with Crippen LogP contribution in [-0.2, 0) is 11.2 Å². The molecule has 0 aliphatic rings. The van der Waals surface area contributed by atoms with Crippen molar-refractivity contribution < 1.29 is 19.1 Å². The second kappa shape index (κ2) is 12.8. The summed E-state index contributed by atoms with van der Waals surface area (Å²) in [5.41, 5.74) is 0.482. The van der Waals surface area contributed by atoms with Crippen molar-refractivity contribution in [3.8, 4) is 5.75 Å². The zero-order valence-electron chi connectivity index (χ0n) is 20.5. The summed E-state index contributed by atoms with van der Waals surface area (Å²) in [7, 11) is 3.28. The lowest BCUT2D eigenvalue weighted by Crippen LogP contribution is -2.50. The van der Waals surface area contributed by atoms with E-state index in [1.807, 2.05) is 32.9 Å². The van der Waals surface area contributed by atoms with Gasteiger partial charge in [-0.15, -0.1) is 0 Å². The highest BCUT2D eigenvalue weighted by atomic mass is 32.1. The molecule has 0 spiro atoms. The molecule has 1 aromatic carbocycles. The standard InChI is InChI=1S/C23H39N3O4.H2S/c1-16(2)26(17(3)4)15-19(24-21(27)30-23(5,6)7)14-18-10-12-20(13-11-18)29-22(28)25(8)9;/h10-13,16-17,19H,14-15H2,1-9H3,(H,24,27);1H2/t19-;/m0./s1. The first-order valence-electron chi connectivity index (χ1n) is 10.5. The third-order valence-corrected chi connectivity index (χ3v) is 4.45. The van der Waals surface area contributed by atoms with Gasteiger partial charge >= 0.3 is 12.2 Å². The molecule has 0 bridgehead atoms. The van der Waals surface area contributed by atoms with Crippen LogP contribution >= 0.6 is 13.5 Å². The van der Waals surface area contributed by atoms with Gasteiger partial charge in [-0.1, -0.05) is 12.1 Å². The molecule has 1 rings (SSSR count). The summed E-state index contributed by atoms with van der Waals surface area (Å²) in [6.45, 7) is 14.9. The molecule has 0 fully saturated rings. The van der Waals surface area contributed by atoms with Gasteiger partial charge in [-0.05, 0) is 72.6 Å². The van der Waals surface area contributed by atoms with Crippen molar-refractivity contribution in [2.45, 2.75) is 78.6 Å². The molecule has 178 valence electrons. The SMILES string of the molecule is CC(C)N(C[C@H](Cc1ccc(OC(=O)N(C)C)cc1)NC(=O)OC(C)(C)C)C(C)C.S. The van der Waals surface area contributed by atoms with Crippen molar-refractivity contribution in [2.75, 3.05) is 20.6 Å². The number of rotatable bonds is 8. The molecular weight excluding hydrogens is 414 g/mol. The van der Waals surface area contributed by atoms with Gasteiger partial charge in [-0.3, -0.25) is 4.90 Å². The zero-order valence-corrected chi connectivity index (χ0v) is 21.5. The van der Waals surface area contributed by atoms with Crippen LogP contribution in [-0.4, -0.2) is 66.4 Å².